The average molecular weight is 276 g/mol. The molecule has 1 aromatic carbocycles. The number of carbonyl (C=O) groups is 1. The molecule has 112 valence electrons. The van der Waals surface area contributed by atoms with E-state index in [1.54, 1.807) is 0 Å². The van der Waals surface area contributed by atoms with Gasteiger partial charge in [-0.1, -0.05) is 38.8 Å². The molecule has 0 heterocycles. The van der Waals surface area contributed by atoms with Crippen LogP contribution in [0.1, 0.15) is 59.1 Å². The van der Waals surface area contributed by atoms with Crippen molar-refractivity contribution in [3.63, 3.8) is 0 Å². The molecule has 0 saturated heterocycles. The number of hydrogen-bond donors (Lipinski definition) is 2. The Kier molecular flexibility index (Phi) is 6.73. The highest BCUT2D eigenvalue weighted by atomic mass is 16.1. The molecule has 1 aromatic rings. The van der Waals surface area contributed by atoms with Crippen molar-refractivity contribution in [3.05, 3.63) is 29.8 Å². The van der Waals surface area contributed by atoms with Gasteiger partial charge in [-0.2, -0.15) is 0 Å². The van der Waals surface area contributed by atoms with Gasteiger partial charge in [0, 0.05) is 24.7 Å². The van der Waals surface area contributed by atoms with Crippen molar-refractivity contribution in [2.24, 2.45) is 5.92 Å². The lowest BCUT2D eigenvalue weighted by atomic mass is 9.94. The maximum atomic E-state index is 11.1. The summed E-state index contributed by atoms with van der Waals surface area (Å²) in [7, 11) is 0. The number of rotatable bonds is 7. The monoisotopic (exact) mass is 276 g/mol. The zero-order valence-electron chi connectivity index (χ0n) is 13.4. The predicted molar refractivity (Wildman–Crippen MR) is 85.8 cm³/mol. The summed E-state index contributed by atoms with van der Waals surface area (Å²) < 4.78 is 0. The fourth-order valence-electron chi connectivity index (χ4n) is 2.71. The van der Waals surface area contributed by atoms with Crippen LogP contribution in [0.4, 0.5) is 5.69 Å². The van der Waals surface area contributed by atoms with E-state index < -0.39 is 0 Å². The summed E-state index contributed by atoms with van der Waals surface area (Å²) in [5, 5.41) is 6.50. The first-order chi connectivity index (χ1) is 9.47. The Hall–Kier alpha value is -1.35. The minimum atomic E-state index is -0.0341. The van der Waals surface area contributed by atoms with Gasteiger partial charge in [-0.3, -0.25) is 4.79 Å². The van der Waals surface area contributed by atoms with Crippen LogP contribution in [0.5, 0.6) is 0 Å². The van der Waals surface area contributed by atoms with Crippen molar-refractivity contribution in [3.8, 4) is 0 Å². The molecule has 0 aliphatic carbocycles. The molecule has 0 aliphatic heterocycles. The molecule has 1 amide bonds. The number of benzene rings is 1. The van der Waals surface area contributed by atoms with Gasteiger partial charge in [0.05, 0.1) is 0 Å². The van der Waals surface area contributed by atoms with Crippen molar-refractivity contribution in [1.29, 1.82) is 0 Å². The minimum absolute atomic E-state index is 0.0341. The minimum Gasteiger partial charge on any atom is -0.326 e. The van der Waals surface area contributed by atoms with Gasteiger partial charge in [0.15, 0.2) is 0 Å². The van der Waals surface area contributed by atoms with Gasteiger partial charge in [-0.25, -0.2) is 0 Å². The van der Waals surface area contributed by atoms with E-state index >= 15 is 0 Å². The fourth-order valence-corrected chi connectivity index (χ4v) is 2.71. The Morgan fingerprint density at radius 1 is 1.20 bits per heavy atom. The van der Waals surface area contributed by atoms with E-state index in [2.05, 4.69) is 44.4 Å². The second kappa shape index (κ2) is 8.05. The molecule has 0 saturated carbocycles. The molecule has 3 heteroatoms. The van der Waals surface area contributed by atoms with Crippen molar-refractivity contribution < 1.29 is 4.79 Å². The molecule has 2 N–H and O–H groups in total. The van der Waals surface area contributed by atoms with Crippen LogP contribution in [0.3, 0.4) is 0 Å². The van der Waals surface area contributed by atoms with E-state index in [-0.39, 0.29) is 11.9 Å². The van der Waals surface area contributed by atoms with Crippen LogP contribution in [0.2, 0.25) is 0 Å². The Labute approximate surface area is 123 Å². The third-order valence-corrected chi connectivity index (χ3v) is 3.98. The molecule has 2 atom stereocenters. The van der Waals surface area contributed by atoms with Crippen LogP contribution in [-0.4, -0.2) is 11.9 Å². The van der Waals surface area contributed by atoms with E-state index in [0.717, 1.165) is 5.69 Å². The van der Waals surface area contributed by atoms with E-state index in [9.17, 15) is 4.79 Å². The van der Waals surface area contributed by atoms with Gasteiger partial charge in [-0.15, -0.1) is 0 Å². The van der Waals surface area contributed by atoms with Gasteiger partial charge in [-0.05, 0) is 37.5 Å². The fraction of sp³-hybridized carbons (Fsp3) is 0.588. The third-order valence-electron chi connectivity index (χ3n) is 3.98. The highest BCUT2D eigenvalue weighted by molar-refractivity contribution is 5.88. The average Bonchev–Trinajstić information content (AvgIpc) is 2.39. The highest BCUT2D eigenvalue weighted by Gasteiger charge is 2.16. The van der Waals surface area contributed by atoms with Crippen molar-refractivity contribution in [1.82, 2.24) is 5.32 Å². The lowest BCUT2D eigenvalue weighted by molar-refractivity contribution is -0.114. The van der Waals surface area contributed by atoms with Crippen LogP contribution in [-0.2, 0) is 4.79 Å². The normalized spacial score (nSPS) is 14.1. The molecule has 2 unspecified atom stereocenters. The standard InChI is InChI=1S/C17H28N2O/c1-6-15(7-2)12(3)18-13(4)16-9-8-10-17(11-16)19-14(5)20/h8-13,15,18H,6-7H2,1-5H3,(H,19,20). The molecule has 20 heavy (non-hydrogen) atoms. The Morgan fingerprint density at radius 3 is 2.40 bits per heavy atom. The van der Waals surface area contributed by atoms with Crippen LogP contribution < -0.4 is 10.6 Å². The second-order valence-electron chi connectivity index (χ2n) is 5.56. The molecule has 3 nitrogen and oxygen atoms in total. The van der Waals surface area contributed by atoms with E-state index in [4.69, 9.17) is 0 Å². The lowest BCUT2D eigenvalue weighted by Crippen LogP contribution is -2.35. The summed E-state index contributed by atoms with van der Waals surface area (Å²) in [6, 6.07) is 8.81. The third kappa shape index (κ3) is 4.97. The van der Waals surface area contributed by atoms with Crippen LogP contribution in [0.25, 0.3) is 0 Å². The van der Waals surface area contributed by atoms with Gasteiger partial charge in [0.25, 0.3) is 0 Å². The highest BCUT2D eigenvalue weighted by Crippen LogP contribution is 2.21. The smallest absolute Gasteiger partial charge is 0.221 e. The molecule has 0 aromatic heterocycles. The maximum Gasteiger partial charge on any atom is 0.221 e. The zero-order chi connectivity index (χ0) is 15.1. The van der Waals surface area contributed by atoms with Crippen LogP contribution >= 0.6 is 0 Å². The van der Waals surface area contributed by atoms with E-state index in [1.807, 2.05) is 18.2 Å². The summed E-state index contributed by atoms with van der Waals surface area (Å²) in [6.07, 6.45) is 2.40. The second-order valence-corrected chi connectivity index (χ2v) is 5.56. The van der Waals surface area contributed by atoms with Gasteiger partial charge in [0.1, 0.15) is 0 Å². The van der Waals surface area contributed by atoms with Crippen molar-refractivity contribution >= 4 is 11.6 Å². The number of anilines is 1. The first kappa shape index (κ1) is 16.7. The van der Waals surface area contributed by atoms with Crippen LogP contribution in [0, 0.1) is 5.92 Å². The molecular formula is C17H28N2O. The number of hydrogen-bond acceptors (Lipinski definition) is 2. The van der Waals surface area contributed by atoms with Crippen molar-refractivity contribution in [2.45, 2.75) is 59.5 Å². The summed E-state index contributed by atoms with van der Waals surface area (Å²) in [5.41, 5.74) is 2.06. The summed E-state index contributed by atoms with van der Waals surface area (Å²) in [4.78, 5) is 11.1. The quantitative estimate of drug-likeness (QED) is 0.786. The molecule has 1 rings (SSSR count). The summed E-state index contributed by atoms with van der Waals surface area (Å²) >= 11 is 0. The number of nitrogens with one attached hydrogen (secondary N) is 2. The molecule has 0 spiro atoms. The van der Waals surface area contributed by atoms with Crippen molar-refractivity contribution in [2.75, 3.05) is 5.32 Å². The Balaban J connectivity index is 2.71. The largest absolute Gasteiger partial charge is 0.326 e. The zero-order valence-corrected chi connectivity index (χ0v) is 13.4. The van der Waals surface area contributed by atoms with Gasteiger partial charge >= 0.3 is 0 Å². The number of amides is 1. The van der Waals surface area contributed by atoms with E-state index in [0.29, 0.717) is 12.0 Å². The summed E-state index contributed by atoms with van der Waals surface area (Å²) in [5.74, 6) is 0.670. The Bertz CT molecular complexity index is 427. The molecule has 0 fully saturated rings. The number of carbonyl (C=O) groups excluding carboxylic acids is 1. The molecular weight excluding hydrogens is 248 g/mol. The van der Waals surface area contributed by atoms with Crippen LogP contribution in [0.15, 0.2) is 24.3 Å². The van der Waals surface area contributed by atoms with E-state index in [1.165, 1.54) is 25.3 Å². The maximum absolute atomic E-state index is 11.1. The Morgan fingerprint density at radius 2 is 1.85 bits per heavy atom. The van der Waals surface area contributed by atoms with Gasteiger partial charge < -0.3 is 10.6 Å². The topological polar surface area (TPSA) is 41.1 Å². The molecule has 0 aliphatic rings. The molecule has 0 bridgehead atoms. The SMILES string of the molecule is CCC(CC)C(C)NC(C)c1cccc(NC(C)=O)c1. The lowest BCUT2D eigenvalue weighted by Gasteiger charge is -2.27. The first-order valence-electron chi connectivity index (χ1n) is 7.61. The predicted octanol–water partition coefficient (Wildman–Crippen LogP) is 4.12. The molecule has 0 radical (unpaired) electrons. The first-order valence-corrected chi connectivity index (χ1v) is 7.61. The van der Waals surface area contributed by atoms with Gasteiger partial charge in [0.2, 0.25) is 5.91 Å². The summed E-state index contributed by atoms with van der Waals surface area (Å²) in [6.45, 7) is 10.4.